The summed E-state index contributed by atoms with van der Waals surface area (Å²) in [5.74, 6) is -1.48. The zero-order valence-corrected chi connectivity index (χ0v) is 21.3. The Labute approximate surface area is 201 Å². The van der Waals surface area contributed by atoms with Gasteiger partial charge in [0.15, 0.2) is 0 Å². The molecular weight excluding hydrogens is 448 g/mol. The van der Waals surface area contributed by atoms with Gasteiger partial charge in [-0.2, -0.15) is 0 Å². The van der Waals surface area contributed by atoms with E-state index in [0.29, 0.717) is 19.4 Å². The van der Waals surface area contributed by atoms with Gasteiger partial charge in [0.1, 0.15) is 23.2 Å². The first-order chi connectivity index (χ1) is 15.1. The van der Waals surface area contributed by atoms with Crippen LogP contribution in [-0.2, 0) is 19.1 Å². The second kappa shape index (κ2) is 9.52. The molecule has 1 saturated heterocycles. The Morgan fingerprint density at radius 1 is 1.18 bits per heavy atom. The topological polar surface area (TPSA) is 117 Å². The van der Waals surface area contributed by atoms with Crippen LogP contribution in [0.1, 0.15) is 61.3 Å². The van der Waals surface area contributed by atoms with Crippen LogP contribution in [0.5, 0.6) is 0 Å². The molecule has 0 aromatic heterocycles. The molecule has 10 heteroatoms. The van der Waals surface area contributed by atoms with Gasteiger partial charge in [0.2, 0.25) is 11.8 Å². The van der Waals surface area contributed by atoms with Crippen molar-refractivity contribution in [2.45, 2.75) is 84.5 Å². The van der Waals surface area contributed by atoms with E-state index in [1.807, 2.05) is 27.7 Å². The number of nitrogens with one attached hydrogen (secondary N) is 3. The maximum Gasteiger partial charge on any atom is 0.408 e. The normalized spacial score (nSPS) is 27.9. The summed E-state index contributed by atoms with van der Waals surface area (Å²) >= 11 is 5.53. The quantitative estimate of drug-likeness (QED) is 0.395. The predicted octanol–water partition coefficient (Wildman–Crippen LogP) is 2.49. The van der Waals surface area contributed by atoms with Gasteiger partial charge in [-0.25, -0.2) is 4.79 Å². The summed E-state index contributed by atoms with van der Waals surface area (Å²) in [6.07, 6.45) is 1.74. The minimum atomic E-state index is -1.15. The van der Waals surface area contributed by atoms with Crippen molar-refractivity contribution in [2.75, 3.05) is 6.54 Å². The number of rotatable bonds is 6. The second-order valence-electron chi connectivity index (χ2n) is 11.2. The van der Waals surface area contributed by atoms with E-state index in [2.05, 4.69) is 22.0 Å². The van der Waals surface area contributed by atoms with E-state index < -0.39 is 46.5 Å². The molecule has 1 aliphatic heterocycles. The number of ether oxygens (including phenoxy) is 1. The van der Waals surface area contributed by atoms with Crippen LogP contribution in [0.15, 0.2) is 12.7 Å². The smallest absolute Gasteiger partial charge is 0.408 e. The maximum atomic E-state index is 13.6. The van der Waals surface area contributed by atoms with Crippen LogP contribution in [0.2, 0.25) is 0 Å². The third-order valence-electron chi connectivity index (χ3n) is 6.01. The number of amides is 4. The first-order valence-corrected chi connectivity index (χ1v) is 11.6. The van der Waals surface area contributed by atoms with Gasteiger partial charge < -0.3 is 20.3 Å². The molecule has 186 valence electrons. The lowest BCUT2D eigenvalue weighted by Crippen LogP contribution is -2.59. The average Bonchev–Trinajstić information content (AvgIpc) is 3.25. The van der Waals surface area contributed by atoms with E-state index in [1.54, 1.807) is 26.8 Å². The third kappa shape index (κ3) is 6.19. The Bertz CT molecular complexity index is 819. The summed E-state index contributed by atoms with van der Waals surface area (Å²) < 4.78 is 5.34. The van der Waals surface area contributed by atoms with E-state index in [4.69, 9.17) is 16.5 Å². The summed E-state index contributed by atoms with van der Waals surface area (Å²) in [5.41, 5.74) is -2.51. The summed E-state index contributed by atoms with van der Waals surface area (Å²) in [6.45, 7) is 16.7. The van der Waals surface area contributed by atoms with Gasteiger partial charge in [0.25, 0.3) is 5.91 Å². The Balaban J connectivity index is 2.23. The number of halogens is 1. The van der Waals surface area contributed by atoms with Crippen LogP contribution in [-0.4, -0.2) is 58.5 Å². The first-order valence-electron chi connectivity index (χ1n) is 11.2. The fraction of sp³-hybridized carbons (Fsp3) is 0.739. The average molecular weight is 485 g/mol. The van der Waals surface area contributed by atoms with Gasteiger partial charge in [-0.3, -0.25) is 19.2 Å². The molecule has 1 aliphatic carbocycles. The maximum absolute atomic E-state index is 13.6. The lowest BCUT2D eigenvalue weighted by atomic mass is 9.85. The number of carbonyl (C=O) groups is 4. The fourth-order valence-corrected chi connectivity index (χ4v) is 4.37. The molecule has 0 radical (unpaired) electrons. The zero-order chi connectivity index (χ0) is 25.4. The van der Waals surface area contributed by atoms with E-state index in [1.165, 1.54) is 4.90 Å². The number of carbonyl (C=O) groups excluding carboxylic acids is 4. The Morgan fingerprint density at radius 2 is 1.79 bits per heavy atom. The Hall–Kier alpha value is -2.29. The lowest BCUT2D eigenvalue weighted by Gasteiger charge is -2.36. The summed E-state index contributed by atoms with van der Waals surface area (Å²) in [4.78, 5) is 55.2. The van der Waals surface area contributed by atoms with Crippen molar-refractivity contribution in [3.05, 3.63) is 12.7 Å². The fourth-order valence-electron chi connectivity index (χ4n) is 4.20. The second-order valence-corrected chi connectivity index (χ2v) is 11.4. The molecule has 0 bridgehead atoms. The summed E-state index contributed by atoms with van der Waals surface area (Å²) in [7, 11) is 0. The van der Waals surface area contributed by atoms with Gasteiger partial charge in [0.05, 0.1) is 0 Å². The molecule has 1 saturated carbocycles. The number of likely N-dealkylation sites (tertiary alicyclic amines) is 1. The van der Waals surface area contributed by atoms with Gasteiger partial charge in [-0.05, 0) is 44.9 Å². The monoisotopic (exact) mass is 484 g/mol. The first kappa shape index (κ1) is 27.0. The van der Waals surface area contributed by atoms with Gasteiger partial charge in [0, 0.05) is 24.2 Å². The molecule has 5 atom stereocenters. The molecular formula is C23H37ClN4O5. The number of hydrogen-bond donors (Lipinski definition) is 3. The number of alkyl carbamates (subject to hydrolysis) is 1. The van der Waals surface area contributed by atoms with Crippen LogP contribution < -0.4 is 15.5 Å². The van der Waals surface area contributed by atoms with Crippen LogP contribution >= 0.6 is 11.8 Å². The molecule has 0 spiro atoms. The van der Waals surface area contributed by atoms with Crippen LogP contribution in [0.3, 0.4) is 0 Å². The van der Waals surface area contributed by atoms with E-state index in [9.17, 15) is 19.2 Å². The lowest BCUT2D eigenvalue weighted by molar-refractivity contribution is -0.143. The molecule has 0 unspecified atom stereocenters. The highest BCUT2D eigenvalue weighted by Gasteiger charge is 2.60. The summed E-state index contributed by atoms with van der Waals surface area (Å²) in [6, 6.07) is -1.68. The predicted molar refractivity (Wildman–Crippen MR) is 125 cm³/mol. The molecule has 0 aromatic rings. The van der Waals surface area contributed by atoms with Gasteiger partial charge in [-0.15, -0.1) is 6.58 Å². The van der Waals surface area contributed by atoms with Crippen LogP contribution in [0.4, 0.5) is 4.79 Å². The molecule has 2 aliphatic rings. The Kier molecular flexibility index (Phi) is 7.78. The standard InChI is InChI=1S/C23H37ClN4O5/c1-9-14-11-23(14,19(31)27-24)26-17(29)15-10-13(2)12-28(15)18(30)16(21(3,4)5)25-20(32)33-22(6,7)8/h9,13-16H,1,10-12H2,2-8H3,(H,25,32)(H,26,29)(H,27,31)/t13-,14-,15+,16-,23-/m1/s1. The van der Waals surface area contributed by atoms with Crippen molar-refractivity contribution >= 4 is 35.6 Å². The molecule has 4 amide bonds. The largest absolute Gasteiger partial charge is 0.444 e. The minimum absolute atomic E-state index is 0.0686. The Morgan fingerprint density at radius 3 is 2.24 bits per heavy atom. The van der Waals surface area contributed by atoms with Crippen molar-refractivity contribution < 1.29 is 23.9 Å². The van der Waals surface area contributed by atoms with Crippen LogP contribution in [0, 0.1) is 17.3 Å². The van der Waals surface area contributed by atoms with Crippen molar-refractivity contribution in [1.82, 2.24) is 20.4 Å². The zero-order valence-electron chi connectivity index (χ0n) is 20.6. The SMILES string of the molecule is C=C[C@@H]1C[C@]1(NC(=O)[C@@H]1C[C@@H](C)CN1C(=O)[C@@H](NC(=O)OC(C)(C)C)C(C)(C)C)C(=O)NCl. The molecule has 3 N–H and O–H groups in total. The highest BCUT2D eigenvalue weighted by Crippen LogP contribution is 2.45. The highest BCUT2D eigenvalue weighted by molar-refractivity contribution is 6.23. The molecule has 9 nitrogen and oxygen atoms in total. The van der Waals surface area contributed by atoms with E-state index in [-0.39, 0.29) is 17.7 Å². The molecule has 2 fully saturated rings. The summed E-state index contributed by atoms with van der Waals surface area (Å²) in [5, 5.41) is 5.49. The van der Waals surface area contributed by atoms with Crippen molar-refractivity contribution in [3.63, 3.8) is 0 Å². The minimum Gasteiger partial charge on any atom is -0.444 e. The highest BCUT2D eigenvalue weighted by atomic mass is 35.5. The van der Waals surface area contributed by atoms with E-state index in [0.717, 1.165) is 0 Å². The van der Waals surface area contributed by atoms with Gasteiger partial charge in [-0.1, -0.05) is 33.8 Å². The number of hydrogen-bond acceptors (Lipinski definition) is 5. The van der Waals surface area contributed by atoms with E-state index >= 15 is 0 Å². The third-order valence-corrected chi connectivity index (χ3v) is 6.18. The number of nitrogens with zero attached hydrogens (tertiary/aromatic N) is 1. The molecule has 0 aromatic carbocycles. The van der Waals surface area contributed by atoms with Crippen LogP contribution in [0.25, 0.3) is 0 Å². The molecule has 2 rings (SSSR count). The molecule has 1 heterocycles. The van der Waals surface area contributed by atoms with Crippen molar-refractivity contribution in [2.24, 2.45) is 17.3 Å². The van der Waals surface area contributed by atoms with Gasteiger partial charge >= 0.3 is 6.09 Å². The molecule has 33 heavy (non-hydrogen) atoms. The van der Waals surface area contributed by atoms with Crippen molar-refractivity contribution in [3.8, 4) is 0 Å². The van der Waals surface area contributed by atoms with Crippen molar-refractivity contribution in [1.29, 1.82) is 0 Å².